The molecule has 4 amide bonds. The number of thiophene rings is 1. The highest BCUT2D eigenvalue weighted by molar-refractivity contribution is 7.08. The maximum Gasteiger partial charge on any atom is 0.319 e. The van der Waals surface area contributed by atoms with Gasteiger partial charge in [-0.1, -0.05) is 24.3 Å². The van der Waals surface area contributed by atoms with Crippen molar-refractivity contribution in [1.82, 2.24) is 10.6 Å². The Morgan fingerprint density at radius 1 is 0.903 bits per heavy atom. The third-order valence-corrected chi connectivity index (χ3v) is 4.97. The molecule has 8 heteroatoms. The smallest absolute Gasteiger partial charge is 0.319 e. The predicted molar refractivity (Wildman–Crippen MR) is 124 cm³/mol. The molecule has 0 aliphatic heterocycles. The number of carbonyl (C=O) groups excluding carboxylic acids is 3. The number of amides is 4. The van der Waals surface area contributed by atoms with E-state index >= 15 is 0 Å². The number of anilines is 2. The van der Waals surface area contributed by atoms with Crippen molar-refractivity contribution >= 4 is 40.6 Å². The molecule has 31 heavy (non-hydrogen) atoms. The Kier molecular flexibility index (Phi) is 7.40. The van der Waals surface area contributed by atoms with Gasteiger partial charge in [0.1, 0.15) is 0 Å². The van der Waals surface area contributed by atoms with Gasteiger partial charge in [-0.05, 0) is 55.1 Å². The van der Waals surface area contributed by atoms with E-state index in [9.17, 15) is 14.4 Å². The van der Waals surface area contributed by atoms with E-state index in [1.54, 1.807) is 47.8 Å². The van der Waals surface area contributed by atoms with Gasteiger partial charge in [-0.2, -0.15) is 11.3 Å². The maximum atomic E-state index is 12.7. The van der Waals surface area contributed by atoms with Crippen LogP contribution in [0.5, 0.6) is 0 Å². The average Bonchev–Trinajstić information content (AvgIpc) is 3.28. The monoisotopic (exact) mass is 436 g/mol. The summed E-state index contributed by atoms with van der Waals surface area (Å²) in [7, 11) is 0. The van der Waals surface area contributed by atoms with Gasteiger partial charge in [0.2, 0.25) is 0 Å². The largest absolute Gasteiger partial charge is 0.348 e. The first kappa shape index (κ1) is 22.0. The van der Waals surface area contributed by atoms with E-state index in [0.717, 1.165) is 5.56 Å². The van der Waals surface area contributed by atoms with Crippen molar-refractivity contribution in [3.63, 3.8) is 0 Å². The van der Waals surface area contributed by atoms with Crippen molar-refractivity contribution in [2.75, 3.05) is 10.6 Å². The average molecular weight is 437 g/mol. The Bertz CT molecular complexity index is 1050. The van der Waals surface area contributed by atoms with E-state index in [1.165, 1.54) is 11.3 Å². The molecule has 0 aliphatic carbocycles. The first-order valence-corrected chi connectivity index (χ1v) is 10.7. The van der Waals surface area contributed by atoms with Gasteiger partial charge in [0.15, 0.2) is 0 Å². The zero-order valence-corrected chi connectivity index (χ0v) is 18.1. The van der Waals surface area contributed by atoms with Gasteiger partial charge in [-0.3, -0.25) is 9.59 Å². The van der Waals surface area contributed by atoms with Gasteiger partial charge in [0.05, 0.1) is 16.8 Å². The molecule has 0 saturated carbocycles. The minimum Gasteiger partial charge on any atom is -0.348 e. The first-order chi connectivity index (χ1) is 14.9. The molecule has 7 nitrogen and oxygen atoms in total. The summed E-state index contributed by atoms with van der Waals surface area (Å²) >= 11 is 1.43. The number of benzene rings is 2. The van der Waals surface area contributed by atoms with Crippen LogP contribution in [0.4, 0.5) is 16.2 Å². The number of rotatable bonds is 7. The lowest BCUT2D eigenvalue weighted by Gasteiger charge is -2.12. The molecule has 0 unspecified atom stereocenters. The van der Waals surface area contributed by atoms with Crippen molar-refractivity contribution in [2.45, 2.75) is 26.4 Å². The lowest BCUT2D eigenvalue weighted by molar-refractivity contribution is 0.0951. The Labute approximate surface area is 184 Å². The molecule has 1 heterocycles. The highest BCUT2D eigenvalue weighted by Crippen LogP contribution is 2.17. The van der Waals surface area contributed by atoms with Gasteiger partial charge in [0, 0.05) is 23.7 Å². The first-order valence-electron chi connectivity index (χ1n) is 9.79. The topological polar surface area (TPSA) is 99.3 Å². The number of nitrogens with one attached hydrogen (secondary N) is 4. The Balaban J connectivity index is 1.58. The van der Waals surface area contributed by atoms with Crippen molar-refractivity contribution < 1.29 is 14.4 Å². The van der Waals surface area contributed by atoms with Crippen molar-refractivity contribution in [1.29, 1.82) is 0 Å². The molecule has 0 fully saturated rings. The van der Waals surface area contributed by atoms with Gasteiger partial charge >= 0.3 is 6.03 Å². The molecule has 2 aromatic carbocycles. The normalized spacial score (nSPS) is 10.4. The molecular formula is C23H24N4O3S. The molecule has 1 aromatic heterocycles. The van der Waals surface area contributed by atoms with Gasteiger partial charge in [-0.25, -0.2) is 4.79 Å². The third-order valence-electron chi connectivity index (χ3n) is 4.29. The molecule has 3 rings (SSSR count). The van der Waals surface area contributed by atoms with E-state index in [0.29, 0.717) is 29.0 Å². The Morgan fingerprint density at radius 3 is 2.32 bits per heavy atom. The van der Waals surface area contributed by atoms with Crippen LogP contribution in [0.1, 0.15) is 40.1 Å². The lowest BCUT2D eigenvalue weighted by Crippen LogP contribution is -2.34. The summed E-state index contributed by atoms with van der Waals surface area (Å²) in [6, 6.07) is 15.6. The SMILES string of the molecule is CC(C)NC(=O)Nc1ccc(CNC(=O)c2ccccc2NC(=O)c2ccsc2)cc1. The van der Waals surface area contributed by atoms with Crippen LogP contribution >= 0.6 is 11.3 Å². The summed E-state index contributed by atoms with van der Waals surface area (Å²) in [5.41, 5.74) is 2.93. The summed E-state index contributed by atoms with van der Waals surface area (Å²) in [6.07, 6.45) is 0. The standard InChI is InChI=1S/C23H24N4O3S/c1-15(2)25-23(30)26-18-9-7-16(8-10-18)13-24-22(29)19-5-3-4-6-20(19)27-21(28)17-11-12-31-14-17/h3-12,14-15H,13H2,1-2H3,(H,24,29)(H,27,28)(H2,25,26,30). The van der Waals surface area contributed by atoms with Crippen LogP contribution in [-0.4, -0.2) is 23.9 Å². The molecule has 0 saturated heterocycles. The Hall–Kier alpha value is -3.65. The number of hydrogen-bond donors (Lipinski definition) is 4. The fourth-order valence-electron chi connectivity index (χ4n) is 2.79. The number of carbonyl (C=O) groups is 3. The summed E-state index contributed by atoms with van der Waals surface area (Å²) in [5.74, 6) is -0.550. The van der Waals surface area contributed by atoms with Crippen molar-refractivity contribution in [3.8, 4) is 0 Å². The number of para-hydroxylation sites is 1. The quantitative estimate of drug-likeness (QED) is 0.440. The number of hydrogen-bond acceptors (Lipinski definition) is 4. The van der Waals surface area contributed by atoms with Gasteiger partial charge in [-0.15, -0.1) is 0 Å². The molecule has 0 aliphatic rings. The van der Waals surface area contributed by atoms with Crippen LogP contribution in [0.15, 0.2) is 65.4 Å². The van der Waals surface area contributed by atoms with Crippen molar-refractivity contribution in [2.24, 2.45) is 0 Å². The highest BCUT2D eigenvalue weighted by atomic mass is 32.1. The second kappa shape index (κ2) is 10.4. The second-order valence-electron chi connectivity index (χ2n) is 7.14. The van der Waals surface area contributed by atoms with Crippen LogP contribution in [0.25, 0.3) is 0 Å². The molecule has 160 valence electrons. The van der Waals surface area contributed by atoms with Gasteiger partial charge < -0.3 is 21.3 Å². The zero-order chi connectivity index (χ0) is 22.2. The lowest BCUT2D eigenvalue weighted by atomic mass is 10.1. The minimum absolute atomic E-state index is 0.0485. The Morgan fingerprint density at radius 2 is 1.65 bits per heavy atom. The summed E-state index contributed by atoms with van der Waals surface area (Å²) in [6.45, 7) is 4.08. The molecule has 4 N–H and O–H groups in total. The van der Waals surface area contributed by atoms with E-state index in [4.69, 9.17) is 0 Å². The van der Waals surface area contributed by atoms with Crippen LogP contribution < -0.4 is 21.3 Å². The summed E-state index contributed by atoms with van der Waals surface area (Å²) in [5, 5.41) is 14.7. The predicted octanol–water partition coefficient (Wildman–Crippen LogP) is 4.46. The summed E-state index contributed by atoms with van der Waals surface area (Å²) < 4.78 is 0. The maximum absolute atomic E-state index is 12.7. The van der Waals surface area contributed by atoms with Gasteiger partial charge in [0.25, 0.3) is 11.8 Å². The fourth-order valence-corrected chi connectivity index (χ4v) is 3.43. The fraction of sp³-hybridized carbons (Fsp3) is 0.174. The minimum atomic E-state index is -0.292. The molecule has 0 radical (unpaired) electrons. The molecule has 3 aromatic rings. The molecular weight excluding hydrogens is 412 g/mol. The van der Waals surface area contributed by atoms with Crippen molar-refractivity contribution in [3.05, 3.63) is 82.0 Å². The zero-order valence-electron chi connectivity index (χ0n) is 17.3. The molecule has 0 bridgehead atoms. The number of urea groups is 1. The van der Waals surface area contributed by atoms with Crippen LogP contribution in [0.2, 0.25) is 0 Å². The molecule has 0 spiro atoms. The highest BCUT2D eigenvalue weighted by Gasteiger charge is 2.14. The van der Waals surface area contributed by atoms with Crippen LogP contribution in [0, 0.1) is 0 Å². The van der Waals surface area contributed by atoms with Crippen LogP contribution in [0.3, 0.4) is 0 Å². The van der Waals surface area contributed by atoms with Crippen LogP contribution in [-0.2, 0) is 6.54 Å². The summed E-state index contributed by atoms with van der Waals surface area (Å²) in [4.78, 5) is 36.8. The van der Waals surface area contributed by atoms with E-state index in [2.05, 4.69) is 21.3 Å². The van der Waals surface area contributed by atoms with E-state index in [1.807, 2.05) is 31.4 Å². The molecule has 0 atom stereocenters. The van der Waals surface area contributed by atoms with E-state index in [-0.39, 0.29) is 23.9 Å². The second-order valence-corrected chi connectivity index (χ2v) is 7.92. The third kappa shape index (κ3) is 6.42. The van der Waals surface area contributed by atoms with E-state index < -0.39 is 0 Å².